The van der Waals surface area contributed by atoms with Crippen LogP contribution in [0.15, 0.2) is 211 Å². The molecule has 0 saturated carbocycles. The Bertz CT molecular complexity index is 3110. The Kier molecular flexibility index (Phi) is 7.95. The zero-order valence-corrected chi connectivity index (χ0v) is 33.4. The molecule has 1 aromatic heterocycles. The summed E-state index contributed by atoms with van der Waals surface area (Å²) in [6, 6.07) is 74.7. The quantitative estimate of drug-likeness (QED) is 0.151. The molecule has 9 aromatic carbocycles. The minimum absolute atomic E-state index is 0.879. The number of rotatable bonds is 7. The van der Waals surface area contributed by atoms with Crippen LogP contribution < -0.4 is 20.2 Å². The van der Waals surface area contributed by atoms with Crippen LogP contribution in [0.5, 0.6) is 0 Å². The third kappa shape index (κ3) is 5.33. The predicted molar refractivity (Wildman–Crippen MR) is 248 cm³/mol. The second-order valence-corrected chi connectivity index (χ2v) is 20.0. The number of nitrogens with zero attached hydrogens (tertiary/aromatic N) is 2. The van der Waals surface area contributed by atoms with Gasteiger partial charge in [0.05, 0.1) is 17.1 Å². The van der Waals surface area contributed by atoms with Crippen molar-refractivity contribution in [1.29, 1.82) is 0 Å². The lowest BCUT2D eigenvalue weighted by atomic mass is 9.95. The van der Waals surface area contributed by atoms with Crippen molar-refractivity contribution in [3.63, 3.8) is 0 Å². The third-order valence-corrected chi connectivity index (χ3v) is 15.6. The standard InChI is InChI=1S/C54H40N2OSi/c1-58(2)51-31-17-27-46-48(55(38-20-8-4-9-21-38)39-22-10-5-11-23-39)35-34-44(53(46)51)43-33-32-40(36-52(43)58)56(47-28-14-12-24-41(47)37-18-6-3-7-19-37)49-29-16-26-45-42-25-13-15-30-50(42)57-54(45)49/h3-36H,1-2H3. The van der Waals surface area contributed by atoms with Crippen molar-refractivity contribution in [2.24, 2.45) is 0 Å². The molecule has 0 unspecified atom stereocenters. The smallest absolute Gasteiger partial charge is 0.159 e. The molecule has 11 rings (SSSR count). The molecule has 0 spiro atoms. The Morgan fingerprint density at radius 3 is 1.76 bits per heavy atom. The maximum atomic E-state index is 6.75. The van der Waals surface area contributed by atoms with E-state index in [9.17, 15) is 0 Å². The molecule has 2 heterocycles. The van der Waals surface area contributed by atoms with Gasteiger partial charge in [0.1, 0.15) is 13.7 Å². The minimum Gasteiger partial charge on any atom is -0.454 e. The Morgan fingerprint density at radius 1 is 0.379 bits per heavy atom. The monoisotopic (exact) mass is 760 g/mol. The van der Waals surface area contributed by atoms with Gasteiger partial charge in [-0.15, -0.1) is 0 Å². The molecule has 0 atom stereocenters. The summed E-state index contributed by atoms with van der Waals surface area (Å²) in [7, 11) is -2.28. The maximum Gasteiger partial charge on any atom is 0.159 e. The van der Waals surface area contributed by atoms with E-state index >= 15 is 0 Å². The van der Waals surface area contributed by atoms with Crippen molar-refractivity contribution in [2.45, 2.75) is 13.1 Å². The van der Waals surface area contributed by atoms with Crippen LogP contribution in [0.25, 0.3) is 55.0 Å². The summed E-state index contributed by atoms with van der Waals surface area (Å²) >= 11 is 0. The molecule has 58 heavy (non-hydrogen) atoms. The fourth-order valence-corrected chi connectivity index (χ4v) is 12.4. The first-order valence-corrected chi connectivity index (χ1v) is 23.0. The van der Waals surface area contributed by atoms with E-state index in [1.807, 2.05) is 6.07 Å². The van der Waals surface area contributed by atoms with E-state index in [-0.39, 0.29) is 0 Å². The van der Waals surface area contributed by atoms with Crippen molar-refractivity contribution >= 4 is 85.3 Å². The molecule has 0 amide bonds. The van der Waals surface area contributed by atoms with Gasteiger partial charge in [-0.05, 0) is 93.1 Å². The van der Waals surface area contributed by atoms with Crippen LogP contribution in [0, 0.1) is 0 Å². The van der Waals surface area contributed by atoms with Crippen LogP contribution in [0.4, 0.5) is 34.1 Å². The first kappa shape index (κ1) is 34.1. The number of hydrogen-bond acceptors (Lipinski definition) is 3. The van der Waals surface area contributed by atoms with Crippen LogP contribution in [0.3, 0.4) is 0 Å². The van der Waals surface area contributed by atoms with Gasteiger partial charge in [-0.1, -0.05) is 159 Å². The fraction of sp³-hybridized carbons (Fsp3) is 0.0370. The largest absolute Gasteiger partial charge is 0.454 e. The van der Waals surface area contributed by atoms with E-state index in [0.29, 0.717) is 0 Å². The molecule has 3 nitrogen and oxygen atoms in total. The zero-order valence-electron chi connectivity index (χ0n) is 32.4. The molecule has 0 radical (unpaired) electrons. The minimum atomic E-state index is -2.28. The Balaban J connectivity index is 1.14. The van der Waals surface area contributed by atoms with Gasteiger partial charge in [-0.3, -0.25) is 0 Å². The number of hydrogen-bond donors (Lipinski definition) is 0. The molecule has 0 bridgehead atoms. The molecule has 1 aliphatic rings. The zero-order chi connectivity index (χ0) is 38.8. The Hall–Kier alpha value is -7.14. The van der Waals surface area contributed by atoms with E-state index in [1.54, 1.807) is 0 Å². The van der Waals surface area contributed by atoms with E-state index in [1.165, 1.54) is 43.5 Å². The highest BCUT2D eigenvalue weighted by Crippen LogP contribution is 2.47. The van der Waals surface area contributed by atoms with E-state index in [0.717, 1.165) is 55.9 Å². The van der Waals surface area contributed by atoms with E-state index < -0.39 is 8.07 Å². The van der Waals surface area contributed by atoms with Crippen molar-refractivity contribution in [1.82, 2.24) is 0 Å². The Morgan fingerprint density at radius 2 is 0.983 bits per heavy atom. The van der Waals surface area contributed by atoms with Gasteiger partial charge in [0.25, 0.3) is 0 Å². The molecule has 0 aliphatic carbocycles. The highest BCUT2D eigenvalue weighted by atomic mass is 28.3. The van der Waals surface area contributed by atoms with Gasteiger partial charge in [-0.25, -0.2) is 0 Å². The summed E-state index contributed by atoms with van der Waals surface area (Å²) in [5.74, 6) is 0. The lowest BCUT2D eigenvalue weighted by Crippen LogP contribution is -2.56. The number of benzene rings is 9. The normalized spacial score (nSPS) is 12.8. The first-order chi connectivity index (χ1) is 28.6. The second-order valence-electron chi connectivity index (χ2n) is 15.7. The SMILES string of the molecule is C[Si]1(C)c2cc(N(c3ccccc3-c3ccccc3)c3cccc4c3oc3ccccc34)ccc2-c2ccc(N(c3ccccc3)c3ccccc3)c3cccc1c23. The van der Waals surface area contributed by atoms with Crippen LogP contribution in [0.1, 0.15) is 0 Å². The van der Waals surface area contributed by atoms with Crippen LogP contribution in [0.2, 0.25) is 13.1 Å². The second kappa shape index (κ2) is 13.5. The van der Waals surface area contributed by atoms with Crippen LogP contribution in [-0.2, 0) is 0 Å². The first-order valence-electron chi connectivity index (χ1n) is 20.0. The molecule has 1 aliphatic heterocycles. The summed E-state index contributed by atoms with van der Waals surface area (Å²) in [5.41, 5.74) is 13.4. The molecule has 276 valence electrons. The van der Waals surface area contributed by atoms with Crippen LogP contribution >= 0.6 is 0 Å². The van der Waals surface area contributed by atoms with E-state index in [4.69, 9.17) is 4.42 Å². The number of para-hydroxylation sites is 5. The average molecular weight is 761 g/mol. The number of anilines is 6. The van der Waals surface area contributed by atoms with Crippen LogP contribution in [-0.4, -0.2) is 8.07 Å². The number of furan rings is 1. The average Bonchev–Trinajstić information content (AvgIpc) is 3.67. The summed E-state index contributed by atoms with van der Waals surface area (Å²) < 4.78 is 6.75. The molecular weight excluding hydrogens is 721 g/mol. The van der Waals surface area contributed by atoms with Gasteiger partial charge < -0.3 is 14.2 Å². The summed E-state index contributed by atoms with van der Waals surface area (Å²) in [6.07, 6.45) is 0. The number of fused-ring (bicyclic) bond motifs is 5. The molecule has 4 heteroatoms. The lowest BCUT2D eigenvalue weighted by Gasteiger charge is -2.36. The van der Waals surface area contributed by atoms with Crippen molar-refractivity contribution in [3.05, 3.63) is 206 Å². The van der Waals surface area contributed by atoms with E-state index in [2.05, 4.69) is 223 Å². The van der Waals surface area contributed by atoms with Crippen molar-refractivity contribution < 1.29 is 4.42 Å². The molecular formula is C54H40N2OSi. The Labute approximate surface area is 339 Å². The molecule has 0 fully saturated rings. The maximum absolute atomic E-state index is 6.75. The molecule has 10 aromatic rings. The van der Waals surface area contributed by atoms with Gasteiger partial charge in [0.2, 0.25) is 0 Å². The molecule has 0 N–H and O–H groups in total. The van der Waals surface area contributed by atoms with Crippen molar-refractivity contribution in [3.8, 4) is 22.3 Å². The third-order valence-electron chi connectivity index (χ3n) is 12.0. The van der Waals surface area contributed by atoms with Gasteiger partial charge in [0.15, 0.2) is 5.58 Å². The van der Waals surface area contributed by atoms with Crippen molar-refractivity contribution in [2.75, 3.05) is 9.80 Å². The van der Waals surface area contributed by atoms with Gasteiger partial charge >= 0.3 is 0 Å². The van der Waals surface area contributed by atoms with Gasteiger partial charge in [-0.2, -0.15) is 0 Å². The summed E-state index contributed by atoms with van der Waals surface area (Å²) in [6.45, 7) is 5.04. The summed E-state index contributed by atoms with van der Waals surface area (Å²) in [5, 5.41) is 7.76. The highest BCUT2D eigenvalue weighted by Gasteiger charge is 2.37. The lowest BCUT2D eigenvalue weighted by molar-refractivity contribution is 0.669. The van der Waals surface area contributed by atoms with Gasteiger partial charge in [0, 0.05) is 38.8 Å². The fourth-order valence-electron chi connectivity index (χ4n) is 9.33. The summed E-state index contributed by atoms with van der Waals surface area (Å²) in [4.78, 5) is 4.82. The predicted octanol–water partition coefficient (Wildman–Crippen LogP) is 14.1. The topological polar surface area (TPSA) is 19.6 Å². The highest BCUT2D eigenvalue weighted by molar-refractivity contribution is 7.03. The molecule has 0 saturated heterocycles.